The van der Waals surface area contributed by atoms with E-state index < -0.39 is 5.97 Å². The minimum atomic E-state index is -0.904. The van der Waals surface area contributed by atoms with Crippen molar-refractivity contribution in [1.82, 2.24) is 14.3 Å². The van der Waals surface area contributed by atoms with Gasteiger partial charge < -0.3 is 9.67 Å². The van der Waals surface area contributed by atoms with Gasteiger partial charge in [-0.15, -0.1) is 0 Å². The first-order valence-corrected chi connectivity index (χ1v) is 6.92. The molecule has 0 aliphatic heterocycles. The first-order valence-electron chi connectivity index (χ1n) is 6.92. The third-order valence-electron chi connectivity index (χ3n) is 3.74. The lowest BCUT2D eigenvalue weighted by atomic mass is 10.1. The summed E-state index contributed by atoms with van der Waals surface area (Å²) < 4.78 is 3.93. The van der Waals surface area contributed by atoms with Gasteiger partial charge in [-0.25, -0.2) is 4.79 Å². The molecule has 2 aromatic heterocycles. The van der Waals surface area contributed by atoms with Crippen LogP contribution in [0.4, 0.5) is 0 Å². The van der Waals surface area contributed by atoms with E-state index in [4.69, 9.17) is 5.11 Å². The summed E-state index contributed by atoms with van der Waals surface area (Å²) in [6.45, 7) is 2.76. The average Bonchev–Trinajstić information content (AvgIpc) is 3.03. The molecule has 1 aromatic carbocycles. The van der Waals surface area contributed by atoms with Gasteiger partial charge in [0.25, 0.3) is 0 Å². The lowest BCUT2D eigenvalue weighted by Gasteiger charge is -2.06. The van der Waals surface area contributed by atoms with Crippen molar-refractivity contribution in [2.24, 2.45) is 7.05 Å². The maximum Gasteiger partial charge on any atom is 0.335 e. The van der Waals surface area contributed by atoms with E-state index in [9.17, 15) is 4.79 Å². The molecule has 0 amide bonds. The van der Waals surface area contributed by atoms with Gasteiger partial charge in [-0.1, -0.05) is 13.0 Å². The molecule has 5 heteroatoms. The van der Waals surface area contributed by atoms with Crippen LogP contribution in [0.2, 0.25) is 0 Å². The summed E-state index contributed by atoms with van der Waals surface area (Å²) in [4.78, 5) is 11.1. The van der Waals surface area contributed by atoms with Gasteiger partial charge in [-0.05, 0) is 36.1 Å². The van der Waals surface area contributed by atoms with Crippen molar-refractivity contribution in [3.05, 3.63) is 53.5 Å². The Morgan fingerprint density at radius 3 is 2.76 bits per heavy atom. The normalized spacial score (nSPS) is 11.1. The molecular weight excluding hydrogens is 266 g/mol. The maximum absolute atomic E-state index is 11.1. The minimum Gasteiger partial charge on any atom is -0.478 e. The zero-order valence-electron chi connectivity index (χ0n) is 12.1. The van der Waals surface area contributed by atoms with Gasteiger partial charge in [0.05, 0.1) is 23.5 Å². The van der Waals surface area contributed by atoms with Crippen LogP contribution < -0.4 is 0 Å². The van der Waals surface area contributed by atoms with Crippen LogP contribution in [0.1, 0.15) is 28.7 Å². The first-order chi connectivity index (χ1) is 10.1. The highest BCUT2D eigenvalue weighted by molar-refractivity contribution is 5.93. The highest BCUT2D eigenvalue weighted by Gasteiger charge is 2.09. The van der Waals surface area contributed by atoms with Gasteiger partial charge in [-0.3, -0.25) is 4.68 Å². The number of aryl methyl sites for hydroxylation is 2. The van der Waals surface area contributed by atoms with Crippen molar-refractivity contribution >= 4 is 16.9 Å². The minimum absolute atomic E-state index is 0.307. The molecule has 0 unspecified atom stereocenters. The fraction of sp³-hybridized carbons (Fsp3) is 0.250. The molecule has 0 spiro atoms. The summed E-state index contributed by atoms with van der Waals surface area (Å²) in [5.74, 6) is -0.904. The average molecular weight is 283 g/mol. The van der Waals surface area contributed by atoms with E-state index in [1.807, 2.05) is 30.1 Å². The number of hydrogen-bond acceptors (Lipinski definition) is 2. The van der Waals surface area contributed by atoms with Crippen LogP contribution in [0.3, 0.4) is 0 Å². The van der Waals surface area contributed by atoms with E-state index in [-0.39, 0.29) is 0 Å². The van der Waals surface area contributed by atoms with Gasteiger partial charge in [0.15, 0.2) is 0 Å². The quantitative estimate of drug-likeness (QED) is 0.800. The Balaban J connectivity index is 2.01. The van der Waals surface area contributed by atoms with E-state index in [0.29, 0.717) is 12.1 Å². The number of aromatic nitrogens is 3. The molecular formula is C16H17N3O2. The predicted octanol–water partition coefficient (Wildman–Crippen LogP) is 2.68. The Bertz CT molecular complexity index is 814. The number of benzene rings is 1. The Hall–Kier alpha value is -2.56. The number of nitrogens with zero attached hydrogens (tertiary/aromatic N) is 3. The number of aromatic carboxylic acids is 1. The molecule has 0 bridgehead atoms. The second-order valence-electron chi connectivity index (χ2n) is 5.13. The molecule has 3 aromatic rings. The topological polar surface area (TPSA) is 60.1 Å². The van der Waals surface area contributed by atoms with Gasteiger partial charge in [-0.2, -0.15) is 5.10 Å². The van der Waals surface area contributed by atoms with Crippen molar-refractivity contribution in [1.29, 1.82) is 0 Å². The summed E-state index contributed by atoms with van der Waals surface area (Å²) in [6.07, 6.45) is 2.89. The standard InChI is InChI=1S/C16H17N3O2/c1-3-13-9-14(18(2)17-13)10-19-7-6-11-4-5-12(16(20)21)8-15(11)19/h4-9H,3,10H2,1-2H3,(H,20,21). The third-order valence-corrected chi connectivity index (χ3v) is 3.74. The Kier molecular flexibility index (Phi) is 3.25. The molecule has 1 N–H and O–H groups in total. The summed E-state index contributed by atoms with van der Waals surface area (Å²) in [7, 11) is 1.93. The Morgan fingerprint density at radius 2 is 2.10 bits per heavy atom. The third kappa shape index (κ3) is 2.42. The first kappa shape index (κ1) is 13.4. The molecule has 0 fully saturated rings. The molecule has 21 heavy (non-hydrogen) atoms. The highest BCUT2D eigenvalue weighted by atomic mass is 16.4. The lowest BCUT2D eigenvalue weighted by Crippen LogP contribution is -2.05. The van der Waals surface area contributed by atoms with Crippen LogP contribution >= 0.6 is 0 Å². The molecule has 3 rings (SSSR count). The molecule has 0 aliphatic rings. The van der Waals surface area contributed by atoms with E-state index >= 15 is 0 Å². The van der Waals surface area contributed by atoms with E-state index in [1.54, 1.807) is 12.1 Å². The zero-order chi connectivity index (χ0) is 15.0. The summed E-state index contributed by atoms with van der Waals surface area (Å²) in [6, 6.07) is 9.28. The van der Waals surface area contributed by atoms with Crippen LogP contribution in [0.25, 0.3) is 10.9 Å². The number of carboxylic acids is 1. The smallest absolute Gasteiger partial charge is 0.335 e. The molecule has 5 nitrogen and oxygen atoms in total. The molecule has 0 aliphatic carbocycles. The Morgan fingerprint density at radius 1 is 1.29 bits per heavy atom. The molecule has 2 heterocycles. The van der Waals surface area contributed by atoms with E-state index in [0.717, 1.165) is 28.7 Å². The molecule has 108 valence electrons. The number of hydrogen-bond donors (Lipinski definition) is 1. The van der Waals surface area contributed by atoms with Crippen LogP contribution in [0, 0.1) is 0 Å². The van der Waals surface area contributed by atoms with Crippen molar-refractivity contribution in [3.63, 3.8) is 0 Å². The highest BCUT2D eigenvalue weighted by Crippen LogP contribution is 2.19. The largest absolute Gasteiger partial charge is 0.478 e. The fourth-order valence-electron chi connectivity index (χ4n) is 2.52. The zero-order valence-corrected chi connectivity index (χ0v) is 12.1. The molecule has 0 atom stereocenters. The van der Waals surface area contributed by atoms with Crippen molar-refractivity contribution in [2.45, 2.75) is 19.9 Å². The molecule has 0 saturated heterocycles. The Labute approximate surface area is 122 Å². The van der Waals surface area contributed by atoms with Crippen LogP contribution in [0.15, 0.2) is 36.5 Å². The van der Waals surface area contributed by atoms with Crippen molar-refractivity contribution in [2.75, 3.05) is 0 Å². The fourth-order valence-corrected chi connectivity index (χ4v) is 2.52. The summed E-state index contributed by atoms with van der Waals surface area (Å²) in [5, 5.41) is 14.6. The van der Waals surface area contributed by atoms with E-state index in [2.05, 4.69) is 22.7 Å². The SMILES string of the molecule is CCc1cc(Cn2ccc3ccc(C(=O)O)cc32)n(C)n1. The monoisotopic (exact) mass is 283 g/mol. The second-order valence-corrected chi connectivity index (χ2v) is 5.13. The van der Waals surface area contributed by atoms with Gasteiger partial charge in [0, 0.05) is 18.8 Å². The van der Waals surface area contributed by atoms with Crippen LogP contribution in [0.5, 0.6) is 0 Å². The van der Waals surface area contributed by atoms with Gasteiger partial charge >= 0.3 is 5.97 Å². The number of rotatable bonds is 4. The number of carbonyl (C=O) groups is 1. The van der Waals surface area contributed by atoms with Crippen LogP contribution in [-0.2, 0) is 20.0 Å². The van der Waals surface area contributed by atoms with Gasteiger partial charge in [0.2, 0.25) is 0 Å². The summed E-state index contributed by atoms with van der Waals surface area (Å²) >= 11 is 0. The summed E-state index contributed by atoms with van der Waals surface area (Å²) in [5.41, 5.74) is 3.40. The van der Waals surface area contributed by atoms with E-state index in [1.165, 1.54) is 0 Å². The lowest BCUT2D eigenvalue weighted by molar-refractivity contribution is 0.0697. The van der Waals surface area contributed by atoms with Crippen molar-refractivity contribution < 1.29 is 9.90 Å². The maximum atomic E-state index is 11.1. The second kappa shape index (κ2) is 5.09. The predicted molar refractivity (Wildman–Crippen MR) is 80.6 cm³/mol. The molecule has 0 radical (unpaired) electrons. The number of carboxylic acid groups (broad SMARTS) is 1. The van der Waals surface area contributed by atoms with Crippen LogP contribution in [-0.4, -0.2) is 25.4 Å². The number of fused-ring (bicyclic) bond motifs is 1. The molecule has 0 saturated carbocycles. The van der Waals surface area contributed by atoms with Crippen molar-refractivity contribution in [3.8, 4) is 0 Å². The van der Waals surface area contributed by atoms with Gasteiger partial charge in [0.1, 0.15) is 0 Å².